The van der Waals surface area contributed by atoms with Gasteiger partial charge in [0.05, 0.1) is 18.6 Å². The van der Waals surface area contributed by atoms with Gasteiger partial charge in [0.25, 0.3) is 0 Å². The smallest absolute Gasteiger partial charge is 0.228 e. The standard InChI is InChI=1S/C15H21NO3/c1-11(12-5-7-14(17)8-6-12)16(2)15(18)13-4-3-9-19-10-13/h5-8,11,13,17H,3-4,9-10H2,1-2H3. The molecule has 1 fully saturated rings. The zero-order chi connectivity index (χ0) is 13.8. The van der Waals surface area contributed by atoms with Crippen molar-refractivity contribution in [3.05, 3.63) is 29.8 Å². The Bertz CT molecular complexity index is 424. The number of ether oxygens (including phenoxy) is 1. The molecule has 1 saturated heterocycles. The maximum Gasteiger partial charge on any atom is 0.228 e. The zero-order valence-corrected chi connectivity index (χ0v) is 11.5. The minimum absolute atomic E-state index is 0.00461. The van der Waals surface area contributed by atoms with Gasteiger partial charge in [-0.2, -0.15) is 0 Å². The SMILES string of the molecule is CC(c1ccc(O)cc1)N(C)C(=O)C1CCCOC1. The third-order valence-electron chi connectivity index (χ3n) is 3.81. The van der Waals surface area contributed by atoms with E-state index in [1.165, 1.54) is 0 Å². The number of carbonyl (C=O) groups is 1. The largest absolute Gasteiger partial charge is 0.508 e. The summed E-state index contributed by atoms with van der Waals surface area (Å²) in [7, 11) is 1.83. The Hall–Kier alpha value is -1.55. The molecule has 1 amide bonds. The van der Waals surface area contributed by atoms with E-state index in [2.05, 4.69) is 0 Å². The summed E-state index contributed by atoms with van der Waals surface area (Å²) >= 11 is 0. The van der Waals surface area contributed by atoms with Crippen molar-refractivity contribution in [2.75, 3.05) is 20.3 Å². The van der Waals surface area contributed by atoms with E-state index in [4.69, 9.17) is 4.74 Å². The van der Waals surface area contributed by atoms with Crippen LogP contribution in [0.15, 0.2) is 24.3 Å². The van der Waals surface area contributed by atoms with Gasteiger partial charge < -0.3 is 14.7 Å². The van der Waals surface area contributed by atoms with E-state index in [1.54, 1.807) is 17.0 Å². The highest BCUT2D eigenvalue weighted by Crippen LogP contribution is 2.24. The van der Waals surface area contributed by atoms with Gasteiger partial charge >= 0.3 is 0 Å². The van der Waals surface area contributed by atoms with E-state index >= 15 is 0 Å². The number of aromatic hydroxyl groups is 1. The zero-order valence-electron chi connectivity index (χ0n) is 11.5. The van der Waals surface area contributed by atoms with E-state index in [0.717, 1.165) is 25.0 Å². The fourth-order valence-electron chi connectivity index (χ4n) is 2.39. The van der Waals surface area contributed by atoms with Gasteiger partial charge in [-0.05, 0) is 37.5 Å². The maximum absolute atomic E-state index is 12.4. The van der Waals surface area contributed by atoms with E-state index in [1.807, 2.05) is 26.1 Å². The van der Waals surface area contributed by atoms with Crippen LogP contribution in [0.25, 0.3) is 0 Å². The third-order valence-corrected chi connectivity index (χ3v) is 3.81. The Morgan fingerprint density at radius 2 is 2.11 bits per heavy atom. The van der Waals surface area contributed by atoms with E-state index in [0.29, 0.717) is 6.61 Å². The molecule has 0 aliphatic carbocycles. The van der Waals surface area contributed by atoms with Gasteiger partial charge in [-0.15, -0.1) is 0 Å². The monoisotopic (exact) mass is 263 g/mol. The van der Waals surface area contributed by atoms with Gasteiger partial charge in [0.2, 0.25) is 5.91 Å². The lowest BCUT2D eigenvalue weighted by molar-refractivity contribution is -0.140. The second-order valence-corrected chi connectivity index (χ2v) is 5.13. The molecule has 1 aromatic carbocycles. The molecular weight excluding hydrogens is 242 g/mol. The summed E-state index contributed by atoms with van der Waals surface area (Å²) in [6.45, 7) is 3.29. The molecule has 4 nitrogen and oxygen atoms in total. The number of hydrogen-bond donors (Lipinski definition) is 1. The first-order valence-corrected chi connectivity index (χ1v) is 6.73. The Kier molecular flexibility index (Phi) is 4.43. The molecule has 1 N–H and O–H groups in total. The molecule has 0 radical (unpaired) electrons. The Morgan fingerprint density at radius 1 is 1.42 bits per heavy atom. The minimum Gasteiger partial charge on any atom is -0.508 e. The molecule has 1 aromatic rings. The van der Waals surface area contributed by atoms with Crippen LogP contribution in [0.5, 0.6) is 5.75 Å². The van der Waals surface area contributed by atoms with Crippen molar-refractivity contribution < 1.29 is 14.6 Å². The molecular formula is C15H21NO3. The van der Waals surface area contributed by atoms with Gasteiger partial charge in [0, 0.05) is 13.7 Å². The Morgan fingerprint density at radius 3 is 2.68 bits per heavy atom. The predicted molar refractivity (Wildman–Crippen MR) is 72.8 cm³/mol. The van der Waals surface area contributed by atoms with Crippen molar-refractivity contribution in [2.24, 2.45) is 5.92 Å². The Balaban J connectivity index is 2.03. The average Bonchev–Trinajstić information content (AvgIpc) is 2.46. The summed E-state index contributed by atoms with van der Waals surface area (Å²) in [6.07, 6.45) is 1.86. The molecule has 1 aliphatic rings. The summed E-state index contributed by atoms with van der Waals surface area (Å²) in [5.74, 6) is 0.365. The summed E-state index contributed by atoms with van der Waals surface area (Å²) in [5.41, 5.74) is 1.02. The molecule has 2 unspecified atom stereocenters. The van der Waals surface area contributed by atoms with Crippen molar-refractivity contribution in [3.8, 4) is 5.75 Å². The molecule has 1 aliphatic heterocycles. The molecule has 19 heavy (non-hydrogen) atoms. The number of phenolic OH excluding ortho intramolecular Hbond substituents is 1. The number of hydrogen-bond acceptors (Lipinski definition) is 3. The second-order valence-electron chi connectivity index (χ2n) is 5.13. The summed E-state index contributed by atoms with van der Waals surface area (Å²) in [5, 5.41) is 9.29. The maximum atomic E-state index is 12.4. The summed E-state index contributed by atoms with van der Waals surface area (Å²) in [4.78, 5) is 14.1. The highest BCUT2D eigenvalue weighted by atomic mass is 16.5. The van der Waals surface area contributed by atoms with Crippen LogP contribution in [0.4, 0.5) is 0 Å². The normalized spacial score (nSPS) is 20.8. The highest BCUT2D eigenvalue weighted by Gasteiger charge is 2.27. The highest BCUT2D eigenvalue weighted by molar-refractivity contribution is 5.79. The number of carbonyl (C=O) groups excluding carboxylic acids is 1. The van der Waals surface area contributed by atoms with Crippen LogP contribution in [0.3, 0.4) is 0 Å². The number of rotatable bonds is 3. The van der Waals surface area contributed by atoms with Crippen LogP contribution in [-0.4, -0.2) is 36.2 Å². The average molecular weight is 263 g/mol. The predicted octanol–water partition coefficient (Wildman–Crippen LogP) is 2.34. The fourth-order valence-corrected chi connectivity index (χ4v) is 2.39. The van der Waals surface area contributed by atoms with Crippen LogP contribution >= 0.6 is 0 Å². The number of nitrogens with zero attached hydrogens (tertiary/aromatic N) is 1. The van der Waals surface area contributed by atoms with Crippen LogP contribution in [0.1, 0.15) is 31.4 Å². The lowest BCUT2D eigenvalue weighted by atomic mass is 9.99. The van der Waals surface area contributed by atoms with Crippen molar-refractivity contribution in [1.29, 1.82) is 0 Å². The molecule has 2 rings (SSSR count). The van der Waals surface area contributed by atoms with Gasteiger partial charge in [0.15, 0.2) is 0 Å². The van der Waals surface area contributed by atoms with Crippen LogP contribution in [-0.2, 0) is 9.53 Å². The third kappa shape index (κ3) is 3.26. The molecule has 0 spiro atoms. The topological polar surface area (TPSA) is 49.8 Å². The van der Waals surface area contributed by atoms with Crippen molar-refractivity contribution in [3.63, 3.8) is 0 Å². The molecule has 0 aromatic heterocycles. The van der Waals surface area contributed by atoms with Gasteiger partial charge in [0.1, 0.15) is 5.75 Å². The lowest BCUT2D eigenvalue weighted by Gasteiger charge is -2.31. The van der Waals surface area contributed by atoms with Crippen LogP contribution in [0.2, 0.25) is 0 Å². The van der Waals surface area contributed by atoms with Crippen molar-refractivity contribution in [2.45, 2.75) is 25.8 Å². The van der Waals surface area contributed by atoms with E-state index in [9.17, 15) is 9.90 Å². The number of phenols is 1. The van der Waals surface area contributed by atoms with Crippen molar-refractivity contribution in [1.82, 2.24) is 4.90 Å². The van der Waals surface area contributed by atoms with Crippen LogP contribution in [0, 0.1) is 5.92 Å². The first-order chi connectivity index (χ1) is 9.09. The fraction of sp³-hybridized carbons (Fsp3) is 0.533. The van der Waals surface area contributed by atoms with E-state index in [-0.39, 0.29) is 23.6 Å². The van der Waals surface area contributed by atoms with Crippen molar-refractivity contribution >= 4 is 5.91 Å². The number of benzene rings is 1. The quantitative estimate of drug-likeness (QED) is 0.910. The summed E-state index contributed by atoms with van der Waals surface area (Å²) in [6, 6.07) is 6.99. The van der Waals surface area contributed by atoms with E-state index < -0.39 is 0 Å². The molecule has 0 saturated carbocycles. The second kappa shape index (κ2) is 6.06. The molecule has 0 bridgehead atoms. The summed E-state index contributed by atoms with van der Waals surface area (Å²) < 4.78 is 5.37. The minimum atomic E-state index is -0.0154. The van der Waals surface area contributed by atoms with Gasteiger partial charge in [-0.1, -0.05) is 12.1 Å². The van der Waals surface area contributed by atoms with Gasteiger partial charge in [-0.25, -0.2) is 0 Å². The molecule has 4 heteroatoms. The van der Waals surface area contributed by atoms with Crippen LogP contribution < -0.4 is 0 Å². The van der Waals surface area contributed by atoms with Gasteiger partial charge in [-0.3, -0.25) is 4.79 Å². The number of amides is 1. The first-order valence-electron chi connectivity index (χ1n) is 6.73. The lowest BCUT2D eigenvalue weighted by Crippen LogP contribution is -2.38. The molecule has 1 heterocycles. The molecule has 2 atom stereocenters. The molecule has 104 valence electrons. The first kappa shape index (κ1) is 13.9. The Labute approximate surface area is 114 Å².